The minimum Gasteiger partial charge on any atom is -0.389 e. The standard InChI is InChI=1S/C13H26N2O/c1-3-13(2,16)11-15-8-6-14(7-9-15)10-12-4-5-12/h12,16H,3-11H2,1-2H3. The van der Waals surface area contributed by atoms with Gasteiger partial charge < -0.3 is 10.0 Å². The fourth-order valence-corrected chi connectivity index (χ4v) is 2.39. The zero-order valence-electron chi connectivity index (χ0n) is 10.8. The van der Waals surface area contributed by atoms with E-state index in [1.165, 1.54) is 32.5 Å². The predicted octanol–water partition coefficient (Wildman–Crippen LogP) is 1.17. The van der Waals surface area contributed by atoms with E-state index >= 15 is 0 Å². The quantitative estimate of drug-likeness (QED) is 0.762. The maximum absolute atomic E-state index is 10.0. The number of piperazine rings is 1. The Morgan fingerprint density at radius 3 is 2.19 bits per heavy atom. The van der Waals surface area contributed by atoms with Crippen molar-refractivity contribution in [3.8, 4) is 0 Å². The largest absolute Gasteiger partial charge is 0.389 e. The number of rotatable bonds is 5. The lowest BCUT2D eigenvalue weighted by Gasteiger charge is -2.38. The number of β-amino-alcohol motifs (C(OH)–C–C–N with tert-alkyl or cyclic N) is 1. The van der Waals surface area contributed by atoms with Gasteiger partial charge in [-0.25, -0.2) is 0 Å². The summed E-state index contributed by atoms with van der Waals surface area (Å²) in [5.74, 6) is 1.00. The summed E-state index contributed by atoms with van der Waals surface area (Å²) < 4.78 is 0. The summed E-state index contributed by atoms with van der Waals surface area (Å²) >= 11 is 0. The lowest BCUT2D eigenvalue weighted by molar-refractivity contribution is 0.00104. The van der Waals surface area contributed by atoms with Gasteiger partial charge in [-0.05, 0) is 32.1 Å². The second kappa shape index (κ2) is 5.03. The molecule has 1 aliphatic carbocycles. The molecule has 0 radical (unpaired) electrons. The summed E-state index contributed by atoms with van der Waals surface area (Å²) in [7, 11) is 0. The first kappa shape index (κ1) is 12.3. The van der Waals surface area contributed by atoms with Crippen LogP contribution in [0.2, 0.25) is 0 Å². The molecule has 2 rings (SSSR count). The van der Waals surface area contributed by atoms with E-state index in [1.54, 1.807) is 0 Å². The lowest BCUT2D eigenvalue weighted by atomic mass is 10.0. The van der Waals surface area contributed by atoms with Gasteiger partial charge in [-0.3, -0.25) is 4.90 Å². The van der Waals surface area contributed by atoms with E-state index in [0.29, 0.717) is 0 Å². The van der Waals surface area contributed by atoms with Crippen LogP contribution >= 0.6 is 0 Å². The molecule has 1 saturated carbocycles. The first-order valence-electron chi connectivity index (χ1n) is 6.76. The predicted molar refractivity (Wildman–Crippen MR) is 66.5 cm³/mol. The minimum atomic E-state index is -0.501. The molecule has 1 saturated heterocycles. The fraction of sp³-hybridized carbons (Fsp3) is 1.00. The second-order valence-corrected chi connectivity index (χ2v) is 5.87. The molecule has 0 spiro atoms. The minimum absolute atomic E-state index is 0.501. The van der Waals surface area contributed by atoms with Crippen LogP contribution in [0.4, 0.5) is 0 Å². The molecule has 0 amide bonds. The van der Waals surface area contributed by atoms with Crippen LogP contribution < -0.4 is 0 Å². The van der Waals surface area contributed by atoms with Crippen LogP contribution in [-0.4, -0.2) is 59.8 Å². The Bertz CT molecular complexity index is 218. The fourth-order valence-electron chi connectivity index (χ4n) is 2.39. The highest BCUT2D eigenvalue weighted by molar-refractivity contribution is 4.83. The Kier molecular flexibility index (Phi) is 3.88. The van der Waals surface area contributed by atoms with Gasteiger partial charge in [0.1, 0.15) is 0 Å². The summed E-state index contributed by atoms with van der Waals surface area (Å²) in [5.41, 5.74) is -0.501. The first-order chi connectivity index (χ1) is 7.59. The van der Waals surface area contributed by atoms with E-state index in [4.69, 9.17) is 0 Å². The van der Waals surface area contributed by atoms with Gasteiger partial charge in [0.25, 0.3) is 0 Å². The number of aliphatic hydroxyl groups is 1. The van der Waals surface area contributed by atoms with Crippen LogP contribution in [0.25, 0.3) is 0 Å². The average molecular weight is 226 g/mol. The van der Waals surface area contributed by atoms with E-state index < -0.39 is 5.60 Å². The molecule has 1 heterocycles. The maximum Gasteiger partial charge on any atom is 0.0743 e. The summed E-state index contributed by atoms with van der Waals surface area (Å²) in [5, 5.41) is 10.0. The normalized spacial score (nSPS) is 27.9. The van der Waals surface area contributed by atoms with E-state index in [-0.39, 0.29) is 0 Å². The molecule has 2 fully saturated rings. The van der Waals surface area contributed by atoms with Gasteiger partial charge in [-0.1, -0.05) is 6.92 Å². The molecule has 1 unspecified atom stereocenters. The molecule has 1 aliphatic heterocycles. The summed E-state index contributed by atoms with van der Waals surface area (Å²) in [6.45, 7) is 10.8. The van der Waals surface area contributed by atoms with Gasteiger partial charge in [0, 0.05) is 39.3 Å². The molecule has 0 aromatic heterocycles. The van der Waals surface area contributed by atoms with E-state index in [0.717, 1.165) is 32.0 Å². The third-order valence-electron chi connectivity index (χ3n) is 4.00. The smallest absolute Gasteiger partial charge is 0.0743 e. The van der Waals surface area contributed by atoms with E-state index in [2.05, 4.69) is 16.7 Å². The van der Waals surface area contributed by atoms with Crippen LogP contribution in [0.1, 0.15) is 33.1 Å². The molecular weight excluding hydrogens is 200 g/mol. The zero-order valence-corrected chi connectivity index (χ0v) is 10.8. The van der Waals surface area contributed by atoms with Crippen LogP contribution in [0.5, 0.6) is 0 Å². The molecule has 0 aromatic carbocycles. The van der Waals surface area contributed by atoms with Crippen molar-refractivity contribution in [2.24, 2.45) is 5.92 Å². The number of hydrogen-bond donors (Lipinski definition) is 1. The van der Waals surface area contributed by atoms with Crippen LogP contribution in [0.3, 0.4) is 0 Å². The third-order valence-corrected chi connectivity index (χ3v) is 4.00. The Labute approximate surface area is 99.4 Å². The monoisotopic (exact) mass is 226 g/mol. The summed E-state index contributed by atoms with van der Waals surface area (Å²) in [4.78, 5) is 5.00. The summed E-state index contributed by atoms with van der Waals surface area (Å²) in [6, 6.07) is 0. The van der Waals surface area contributed by atoms with Crippen molar-refractivity contribution < 1.29 is 5.11 Å². The van der Waals surface area contributed by atoms with Gasteiger partial charge in [0.2, 0.25) is 0 Å². The Morgan fingerprint density at radius 2 is 1.69 bits per heavy atom. The molecule has 3 heteroatoms. The highest BCUT2D eigenvalue weighted by atomic mass is 16.3. The van der Waals surface area contributed by atoms with Crippen molar-refractivity contribution in [3.63, 3.8) is 0 Å². The van der Waals surface area contributed by atoms with Gasteiger partial charge in [-0.15, -0.1) is 0 Å². The van der Waals surface area contributed by atoms with Crippen molar-refractivity contribution in [2.45, 2.75) is 38.7 Å². The maximum atomic E-state index is 10.0. The van der Waals surface area contributed by atoms with Gasteiger partial charge in [0.15, 0.2) is 0 Å². The molecule has 94 valence electrons. The third kappa shape index (κ3) is 3.72. The highest BCUT2D eigenvalue weighted by Crippen LogP contribution is 2.30. The van der Waals surface area contributed by atoms with Gasteiger partial charge in [-0.2, -0.15) is 0 Å². The molecular formula is C13H26N2O. The highest BCUT2D eigenvalue weighted by Gasteiger charge is 2.28. The average Bonchev–Trinajstić information content (AvgIpc) is 3.05. The van der Waals surface area contributed by atoms with Crippen molar-refractivity contribution >= 4 is 0 Å². The van der Waals surface area contributed by atoms with Gasteiger partial charge >= 0.3 is 0 Å². The van der Waals surface area contributed by atoms with E-state index in [1.807, 2.05) is 6.92 Å². The molecule has 1 N–H and O–H groups in total. The van der Waals surface area contributed by atoms with Crippen molar-refractivity contribution in [1.82, 2.24) is 9.80 Å². The molecule has 3 nitrogen and oxygen atoms in total. The van der Waals surface area contributed by atoms with Crippen LogP contribution in [-0.2, 0) is 0 Å². The number of hydrogen-bond acceptors (Lipinski definition) is 3. The van der Waals surface area contributed by atoms with Crippen LogP contribution in [0, 0.1) is 5.92 Å². The number of nitrogens with zero attached hydrogens (tertiary/aromatic N) is 2. The second-order valence-electron chi connectivity index (χ2n) is 5.87. The lowest BCUT2D eigenvalue weighted by Crippen LogP contribution is -2.51. The Morgan fingerprint density at radius 1 is 1.12 bits per heavy atom. The van der Waals surface area contributed by atoms with Gasteiger partial charge in [0.05, 0.1) is 5.60 Å². The first-order valence-corrected chi connectivity index (χ1v) is 6.76. The Hall–Kier alpha value is -0.120. The summed E-state index contributed by atoms with van der Waals surface area (Å²) in [6.07, 6.45) is 3.74. The molecule has 16 heavy (non-hydrogen) atoms. The van der Waals surface area contributed by atoms with Crippen molar-refractivity contribution in [1.29, 1.82) is 0 Å². The van der Waals surface area contributed by atoms with Crippen molar-refractivity contribution in [3.05, 3.63) is 0 Å². The molecule has 1 atom stereocenters. The Balaban J connectivity index is 1.67. The molecule has 2 aliphatic rings. The SMILES string of the molecule is CCC(C)(O)CN1CCN(CC2CC2)CC1. The van der Waals surface area contributed by atoms with Crippen molar-refractivity contribution in [2.75, 3.05) is 39.3 Å². The zero-order chi connectivity index (χ0) is 11.6. The topological polar surface area (TPSA) is 26.7 Å². The van der Waals surface area contributed by atoms with E-state index in [9.17, 15) is 5.11 Å². The van der Waals surface area contributed by atoms with Crippen LogP contribution in [0.15, 0.2) is 0 Å². The molecule has 0 aromatic rings. The molecule has 0 bridgehead atoms.